The van der Waals surface area contributed by atoms with Gasteiger partial charge in [0, 0.05) is 0 Å². The summed E-state index contributed by atoms with van der Waals surface area (Å²) >= 11 is 0. The Hall–Kier alpha value is -0.780. The highest BCUT2D eigenvalue weighted by Crippen LogP contribution is 2.56. The Kier molecular flexibility index (Phi) is 2.80. The highest BCUT2D eigenvalue weighted by molar-refractivity contribution is 5.40. The van der Waals surface area contributed by atoms with Gasteiger partial charge in [-0.15, -0.1) is 0 Å². The average Bonchev–Trinajstić information content (AvgIpc) is 2.71. The molecule has 0 amide bonds. The maximum absolute atomic E-state index is 2.52. The fraction of sp³-hybridized carbons (Fsp3) is 0.667. The first-order valence-electron chi connectivity index (χ1n) is 7.58. The van der Waals surface area contributed by atoms with E-state index in [0.717, 1.165) is 11.8 Å². The summed E-state index contributed by atoms with van der Waals surface area (Å²) in [6, 6.07) is 4.98. The number of fused-ring (bicyclic) bond motifs is 1. The molecule has 1 saturated carbocycles. The van der Waals surface area contributed by atoms with Gasteiger partial charge in [0.1, 0.15) is 0 Å². The molecule has 0 heteroatoms. The van der Waals surface area contributed by atoms with E-state index < -0.39 is 0 Å². The predicted molar refractivity (Wildman–Crippen MR) is 78.0 cm³/mol. The van der Waals surface area contributed by atoms with Crippen molar-refractivity contribution in [2.24, 2.45) is 17.3 Å². The van der Waals surface area contributed by atoms with Gasteiger partial charge in [-0.05, 0) is 78.5 Å². The second-order valence-electron chi connectivity index (χ2n) is 7.38. The number of rotatable bonds is 3. The highest BCUT2D eigenvalue weighted by Gasteiger charge is 2.48. The molecule has 2 unspecified atom stereocenters. The Labute approximate surface area is 112 Å². The number of aryl methyl sites for hydroxylation is 3. The van der Waals surface area contributed by atoms with Crippen molar-refractivity contribution < 1.29 is 0 Å². The zero-order valence-corrected chi connectivity index (χ0v) is 12.3. The van der Waals surface area contributed by atoms with Crippen LogP contribution in [0.5, 0.6) is 0 Å². The zero-order chi connectivity index (χ0) is 12.9. The van der Waals surface area contributed by atoms with E-state index in [4.69, 9.17) is 0 Å². The molecule has 1 aromatic rings. The Balaban J connectivity index is 1.77. The molecule has 2 aliphatic carbocycles. The summed E-state index contributed by atoms with van der Waals surface area (Å²) in [5.41, 5.74) is 7.02. The lowest BCUT2D eigenvalue weighted by Gasteiger charge is -2.16. The molecule has 0 aromatic heterocycles. The van der Waals surface area contributed by atoms with Crippen LogP contribution in [-0.4, -0.2) is 0 Å². The van der Waals surface area contributed by atoms with Gasteiger partial charge in [0.2, 0.25) is 0 Å². The third-order valence-corrected chi connectivity index (χ3v) is 5.37. The van der Waals surface area contributed by atoms with Crippen LogP contribution >= 0.6 is 0 Å². The standard InChI is InChI=1S/C18H26/c1-12-8-14-6-5-7-15(14)10-16(12)9-13(2)17-11-18(17,3)4/h8,10,13,17H,5-7,9,11H2,1-4H3. The summed E-state index contributed by atoms with van der Waals surface area (Å²) in [4.78, 5) is 0. The predicted octanol–water partition coefficient (Wildman–Crippen LogP) is 4.71. The molecule has 0 radical (unpaired) electrons. The van der Waals surface area contributed by atoms with Crippen molar-refractivity contribution in [1.29, 1.82) is 0 Å². The van der Waals surface area contributed by atoms with Crippen molar-refractivity contribution in [3.05, 3.63) is 34.4 Å². The maximum atomic E-state index is 2.52. The van der Waals surface area contributed by atoms with Crippen LogP contribution in [0.25, 0.3) is 0 Å². The van der Waals surface area contributed by atoms with Crippen molar-refractivity contribution in [3.63, 3.8) is 0 Å². The summed E-state index contributed by atoms with van der Waals surface area (Å²) in [5, 5.41) is 0. The molecule has 0 aliphatic heterocycles. The molecule has 0 N–H and O–H groups in total. The number of hydrogen-bond acceptors (Lipinski definition) is 0. The lowest BCUT2D eigenvalue weighted by Crippen LogP contribution is -2.08. The molecule has 3 rings (SSSR count). The number of benzene rings is 1. The molecule has 0 nitrogen and oxygen atoms in total. The summed E-state index contributed by atoms with van der Waals surface area (Å²) in [6.45, 7) is 9.60. The Morgan fingerprint density at radius 2 is 1.83 bits per heavy atom. The molecule has 0 spiro atoms. The topological polar surface area (TPSA) is 0 Å². The van der Waals surface area contributed by atoms with Crippen molar-refractivity contribution in [1.82, 2.24) is 0 Å². The van der Waals surface area contributed by atoms with Gasteiger partial charge in [-0.3, -0.25) is 0 Å². The molecule has 1 fully saturated rings. The minimum absolute atomic E-state index is 0.615. The average molecular weight is 242 g/mol. The largest absolute Gasteiger partial charge is 0.0619 e. The Morgan fingerprint density at radius 3 is 2.44 bits per heavy atom. The molecule has 0 heterocycles. The van der Waals surface area contributed by atoms with E-state index in [-0.39, 0.29) is 0 Å². The summed E-state index contributed by atoms with van der Waals surface area (Å²) in [5.74, 6) is 1.79. The number of hydrogen-bond donors (Lipinski definition) is 0. The summed E-state index contributed by atoms with van der Waals surface area (Å²) in [6.07, 6.45) is 6.70. The second-order valence-corrected chi connectivity index (χ2v) is 7.38. The van der Waals surface area contributed by atoms with Crippen molar-refractivity contribution in [3.8, 4) is 0 Å². The first-order chi connectivity index (χ1) is 8.47. The Bertz CT molecular complexity index is 467. The Morgan fingerprint density at radius 1 is 1.22 bits per heavy atom. The van der Waals surface area contributed by atoms with Crippen molar-refractivity contribution in [2.45, 2.75) is 59.8 Å². The third kappa shape index (κ3) is 2.11. The van der Waals surface area contributed by atoms with Gasteiger partial charge in [0.15, 0.2) is 0 Å². The van der Waals surface area contributed by atoms with Crippen LogP contribution in [0.3, 0.4) is 0 Å². The molecule has 0 bridgehead atoms. The van der Waals surface area contributed by atoms with E-state index in [2.05, 4.69) is 39.8 Å². The molecule has 98 valence electrons. The minimum atomic E-state index is 0.615. The molecule has 2 aliphatic rings. The quantitative estimate of drug-likeness (QED) is 0.720. The van der Waals surface area contributed by atoms with E-state index in [0.29, 0.717) is 5.41 Å². The van der Waals surface area contributed by atoms with Crippen LogP contribution in [0.4, 0.5) is 0 Å². The lowest BCUT2D eigenvalue weighted by molar-refractivity contribution is 0.419. The van der Waals surface area contributed by atoms with Crippen molar-refractivity contribution >= 4 is 0 Å². The molecule has 0 saturated heterocycles. The van der Waals surface area contributed by atoms with Gasteiger partial charge in [-0.1, -0.05) is 32.9 Å². The van der Waals surface area contributed by atoms with Gasteiger partial charge in [0.25, 0.3) is 0 Å². The maximum Gasteiger partial charge on any atom is -0.0247 e. The van der Waals surface area contributed by atoms with Crippen LogP contribution in [0, 0.1) is 24.2 Å². The van der Waals surface area contributed by atoms with E-state index >= 15 is 0 Å². The summed E-state index contributed by atoms with van der Waals surface area (Å²) in [7, 11) is 0. The summed E-state index contributed by atoms with van der Waals surface area (Å²) < 4.78 is 0. The third-order valence-electron chi connectivity index (χ3n) is 5.37. The minimum Gasteiger partial charge on any atom is -0.0619 e. The van der Waals surface area contributed by atoms with E-state index in [1.807, 2.05) is 0 Å². The first kappa shape index (κ1) is 12.3. The van der Waals surface area contributed by atoms with Gasteiger partial charge in [-0.25, -0.2) is 0 Å². The molecular weight excluding hydrogens is 216 g/mol. The van der Waals surface area contributed by atoms with Crippen LogP contribution in [-0.2, 0) is 19.3 Å². The van der Waals surface area contributed by atoms with Crippen LogP contribution in [0.15, 0.2) is 12.1 Å². The molecule has 1 aromatic carbocycles. The van der Waals surface area contributed by atoms with Crippen LogP contribution in [0.1, 0.15) is 55.9 Å². The van der Waals surface area contributed by atoms with Crippen molar-refractivity contribution in [2.75, 3.05) is 0 Å². The fourth-order valence-electron chi connectivity index (χ4n) is 3.99. The monoisotopic (exact) mass is 242 g/mol. The second kappa shape index (κ2) is 4.11. The van der Waals surface area contributed by atoms with E-state index in [9.17, 15) is 0 Å². The van der Waals surface area contributed by atoms with Gasteiger partial charge < -0.3 is 0 Å². The molecular formula is C18H26. The highest BCUT2D eigenvalue weighted by atomic mass is 14.5. The van der Waals surface area contributed by atoms with E-state index in [1.165, 1.54) is 37.7 Å². The fourth-order valence-corrected chi connectivity index (χ4v) is 3.99. The van der Waals surface area contributed by atoms with Gasteiger partial charge in [0.05, 0.1) is 0 Å². The lowest BCUT2D eigenvalue weighted by atomic mass is 9.89. The zero-order valence-electron chi connectivity index (χ0n) is 12.3. The van der Waals surface area contributed by atoms with Crippen LogP contribution in [0.2, 0.25) is 0 Å². The molecule has 18 heavy (non-hydrogen) atoms. The van der Waals surface area contributed by atoms with Gasteiger partial charge >= 0.3 is 0 Å². The molecule has 2 atom stereocenters. The normalized spacial score (nSPS) is 25.9. The van der Waals surface area contributed by atoms with E-state index in [1.54, 1.807) is 16.7 Å². The van der Waals surface area contributed by atoms with Crippen LogP contribution < -0.4 is 0 Å². The van der Waals surface area contributed by atoms with Gasteiger partial charge in [-0.2, -0.15) is 0 Å². The first-order valence-corrected chi connectivity index (χ1v) is 7.58. The SMILES string of the molecule is Cc1cc2c(cc1CC(C)C1CC1(C)C)CCC2. The smallest absolute Gasteiger partial charge is 0.0247 e.